The molecule has 1 atom stereocenters. The fraction of sp³-hybridized carbons (Fsp3) is 0.562. The Kier molecular flexibility index (Phi) is 4.59. The lowest BCUT2D eigenvalue weighted by Crippen LogP contribution is -2.40. The quantitative estimate of drug-likeness (QED) is 0.885. The van der Waals surface area contributed by atoms with E-state index in [1.54, 1.807) is 7.11 Å². The average molecular weight is 261 g/mol. The van der Waals surface area contributed by atoms with Crippen LogP contribution in [-0.4, -0.2) is 13.0 Å². The van der Waals surface area contributed by atoms with Crippen molar-refractivity contribution in [1.82, 2.24) is 0 Å². The molecule has 0 spiro atoms. The van der Waals surface area contributed by atoms with Gasteiger partial charge in [-0.2, -0.15) is 0 Å². The molecule has 0 heterocycles. The number of amides is 1. The van der Waals surface area contributed by atoms with Gasteiger partial charge in [0.15, 0.2) is 0 Å². The molecule has 0 bridgehead atoms. The van der Waals surface area contributed by atoms with E-state index in [9.17, 15) is 4.79 Å². The highest BCUT2D eigenvalue weighted by molar-refractivity contribution is 5.81. The van der Waals surface area contributed by atoms with Crippen LogP contribution >= 0.6 is 0 Å². The third-order valence-corrected chi connectivity index (χ3v) is 4.37. The highest BCUT2D eigenvalue weighted by atomic mass is 16.5. The summed E-state index contributed by atoms with van der Waals surface area (Å²) in [4.78, 5) is 11.9. The lowest BCUT2D eigenvalue weighted by atomic mass is 9.69. The Balaban J connectivity index is 2.17. The van der Waals surface area contributed by atoms with Crippen LogP contribution in [0.25, 0.3) is 0 Å². The van der Waals surface area contributed by atoms with Gasteiger partial charge in [-0.1, -0.05) is 49.6 Å². The second kappa shape index (κ2) is 6.20. The molecule has 104 valence electrons. The van der Waals surface area contributed by atoms with E-state index in [1.165, 1.54) is 6.42 Å². The van der Waals surface area contributed by atoms with E-state index >= 15 is 0 Å². The third kappa shape index (κ3) is 3.16. The molecular formula is C16H23NO2. The maximum Gasteiger partial charge on any atom is 0.223 e. The second-order valence-corrected chi connectivity index (χ2v) is 5.54. The fourth-order valence-corrected chi connectivity index (χ4v) is 3.14. The monoisotopic (exact) mass is 261 g/mol. The van der Waals surface area contributed by atoms with Crippen molar-refractivity contribution in [2.45, 2.75) is 44.6 Å². The standard InChI is InChI=1S/C16H23NO2/c1-19-14(13-8-4-2-5-9-13)12-16(15(17)18)10-6-3-7-11-16/h2,4-5,8-9,14H,3,6-7,10-12H2,1H3,(H2,17,18). The van der Waals surface area contributed by atoms with Crippen LogP contribution in [0.15, 0.2) is 30.3 Å². The number of ether oxygens (including phenoxy) is 1. The van der Waals surface area contributed by atoms with E-state index in [4.69, 9.17) is 10.5 Å². The smallest absolute Gasteiger partial charge is 0.223 e. The Morgan fingerprint density at radius 3 is 2.42 bits per heavy atom. The molecule has 0 aromatic heterocycles. The maximum absolute atomic E-state index is 11.9. The summed E-state index contributed by atoms with van der Waals surface area (Å²) in [5.74, 6) is -0.162. The molecule has 3 heteroatoms. The van der Waals surface area contributed by atoms with Gasteiger partial charge >= 0.3 is 0 Å². The predicted octanol–water partition coefficient (Wildman–Crippen LogP) is 3.20. The van der Waals surface area contributed by atoms with Gasteiger partial charge < -0.3 is 10.5 Å². The molecule has 0 radical (unpaired) electrons. The minimum Gasteiger partial charge on any atom is -0.377 e. The van der Waals surface area contributed by atoms with Crippen molar-refractivity contribution in [3.8, 4) is 0 Å². The summed E-state index contributed by atoms with van der Waals surface area (Å²) < 4.78 is 5.61. The Hall–Kier alpha value is -1.35. The number of hydrogen-bond acceptors (Lipinski definition) is 2. The number of methoxy groups -OCH3 is 1. The van der Waals surface area contributed by atoms with Crippen LogP contribution in [0, 0.1) is 5.41 Å². The largest absolute Gasteiger partial charge is 0.377 e. The molecule has 0 saturated heterocycles. The van der Waals surface area contributed by atoms with Crippen molar-refractivity contribution in [1.29, 1.82) is 0 Å². The molecule has 1 saturated carbocycles. The number of rotatable bonds is 5. The molecule has 1 fully saturated rings. The Morgan fingerprint density at radius 1 is 1.26 bits per heavy atom. The molecule has 1 aromatic carbocycles. The van der Waals surface area contributed by atoms with E-state index in [2.05, 4.69) is 0 Å². The number of carbonyl (C=O) groups is 1. The Labute approximate surface area is 115 Å². The predicted molar refractivity (Wildman–Crippen MR) is 75.5 cm³/mol. The van der Waals surface area contributed by atoms with Crippen molar-refractivity contribution < 1.29 is 9.53 Å². The van der Waals surface area contributed by atoms with Crippen LogP contribution in [0.5, 0.6) is 0 Å². The lowest BCUT2D eigenvalue weighted by Gasteiger charge is -2.36. The zero-order valence-corrected chi connectivity index (χ0v) is 11.6. The molecule has 19 heavy (non-hydrogen) atoms. The van der Waals surface area contributed by atoms with Crippen molar-refractivity contribution in [3.05, 3.63) is 35.9 Å². The summed E-state index contributed by atoms with van der Waals surface area (Å²) in [6, 6.07) is 10.1. The zero-order valence-electron chi connectivity index (χ0n) is 11.6. The number of carbonyl (C=O) groups excluding carboxylic acids is 1. The van der Waals surface area contributed by atoms with Gasteiger partial charge in [0.05, 0.1) is 11.5 Å². The first-order valence-corrected chi connectivity index (χ1v) is 7.06. The zero-order chi connectivity index (χ0) is 13.7. The molecule has 1 aromatic rings. The van der Waals surface area contributed by atoms with Gasteiger partial charge in [0.25, 0.3) is 0 Å². The minimum absolute atomic E-state index is 0.0493. The summed E-state index contributed by atoms with van der Waals surface area (Å²) in [5, 5.41) is 0. The van der Waals surface area contributed by atoms with E-state index < -0.39 is 0 Å². The molecule has 0 aliphatic heterocycles. The van der Waals surface area contributed by atoms with Crippen LogP contribution in [0.1, 0.15) is 50.2 Å². The van der Waals surface area contributed by atoms with Crippen molar-refractivity contribution in [2.24, 2.45) is 11.1 Å². The normalized spacial score (nSPS) is 19.8. The molecule has 1 amide bonds. The summed E-state index contributed by atoms with van der Waals surface area (Å²) in [5.41, 5.74) is 6.43. The number of nitrogens with two attached hydrogens (primary N) is 1. The van der Waals surface area contributed by atoms with Crippen LogP contribution in [0.4, 0.5) is 0 Å². The van der Waals surface area contributed by atoms with Gasteiger partial charge in [-0.15, -0.1) is 0 Å². The van der Waals surface area contributed by atoms with Gasteiger partial charge in [0.2, 0.25) is 5.91 Å². The first-order valence-electron chi connectivity index (χ1n) is 7.06. The van der Waals surface area contributed by atoms with Crippen LogP contribution in [0.3, 0.4) is 0 Å². The highest BCUT2D eigenvalue weighted by Crippen LogP contribution is 2.43. The van der Waals surface area contributed by atoms with Crippen molar-refractivity contribution >= 4 is 5.91 Å². The lowest BCUT2D eigenvalue weighted by molar-refractivity contribution is -0.132. The van der Waals surface area contributed by atoms with E-state index in [1.807, 2.05) is 30.3 Å². The number of benzene rings is 1. The third-order valence-electron chi connectivity index (χ3n) is 4.37. The van der Waals surface area contributed by atoms with Gasteiger partial charge in [-0.3, -0.25) is 4.79 Å². The van der Waals surface area contributed by atoms with Gasteiger partial charge in [-0.05, 0) is 24.8 Å². The maximum atomic E-state index is 11.9. The molecule has 2 rings (SSSR count). The first kappa shape index (κ1) is 14.1. The van der Waals surface area contributed by atoms with Crippen molar-refractivity contribution in [2.75, 3.05) is 7.11 Å². The van der Waals surface area contributed by atoms with E-state index in [0.29, 0.717) is 6.42 Å². The molecule has 1 unspecified atom stereocenters. The van der Waals surface area contributed by atoms with E-state index in [0.717, 1.165) is 31.2 Å². The summed E-state index contributed by atoms with van der Waals surface area (Å²) >= 11 is 0. The van der Waals surface area contributed by atoms with Gasteiger partial charge in [0.1, 0.15) is 0 Å². The SMILES string of the molecule is COC(CC1(C(N)=O)CCCCC1)c1ccccc1. The average Bonchev–Trinajstić information content (AvgIpc) is 2.46. The van der Waals surface area contributed by atoms with Crippen LogP contribution in [0.2, 0.25) is 0 Å². The number of hydrogen-bond donors (Lipinski definition) is 1. The summed E-state index contributed by atoms with van der Waals surface area (Å²) in [7, 11) is 1.70. The van der Waals surface area contributed by atoms with Crippen LogP contribution < -0.4 is 5.73 Å². The fourth-order valence-electron chi connectivity index (χ4n) is 3.14. The molecule has 1 aliphatic rings. The minimum atomic E-state index is -0.380. The van der Waals surface area contributed by atoms with E-state index in [-0.39, 0.29) is 17.4 Å². The molecule has 2 N–H and O–H groups in total. The molecule has 3 nitrogen and oxygen atoms in total. The van der Waals surface area contributed by atoms with Crippen molar-refractivity contribution in [3.63, 3.8) is 0 Å². The summed E-state index contributed by atoms with van der Waals surface area (Å²) in [6.07, 6.45) is 5.83. The topological polar surface area (TPSA) is 52.3 Å². The Morgan fingerprint density at radius 2 is 1.89 bits per heavy atom. The first-order chi connectivity index (χ1) is 9.18. The Bertz CT molecular complexity index is 410. The second-order valence-electron chi connectivity index (χ2n) is 5.54. The van der Waals surface area contributed by atoms with Crippen LogP contribution in [-0.2, 0) is 9.53 Å². The molecular weight excluding hydrogens is 238 g/mol. The number of primary amides is 1. The molecule has 1 aliphatic carbocycles. The highest BCUT2D eigenvalue weighted by Gasteiger charge is 2.40. The van der Waals surface area contributed by atoms with Gasteiger partial charge in [-0.25, -0.2) is 0 Å². The van der Waals surface area contributed by atoms with Gasteiger partial charge in [0, 0.05) is 7.11 Å². The summed E-state index contributed by atoms with van der Waals surface area (Å²) in [6.45, 7) is 0.